The standard InChI is InChI=1S/C18H20N2O/c1-15(14-20(2)17-11-7-4-8-12-17)18(21)19-13-16-9-5-3-6-10-16/h3-12H,1,13-14H2,2H3,(H,19,21). The van der Waals surface area contributed by atoms with E-state index in [9.17, 15) is 4.79 Å². The number of likely N-dealkylation sites (N-methyl/N-ethyl adjacent to an activating group) is 1. The monoisotopic (exact) mass is 280 g/mol. The van der Waals surface area contributed by atoms with Crippen molar-refractivity contribution in [3.05, 3.63) is 78.4 Å². The molecule has 0 saturated carbocycles. The molecule has 1 amide bonds. The first kappa shape index (κ1) is 14.9. The molecule has 0 atom stereocenters. The number of carbonyl (C=O) groups excluding carboxylic acids is 1. The van der Waals surface area contributed by atoms with Crippen molar-refractivity contribution in [2.24, 2.45) is 0 Å². The summed E-state index contributed by atoms with van der Waals surface area (Å²) in [5, 5.41) is 2.89. The van der Waals surface area contributed by atoms with E-state index in [0.717, 1.165) is 11.3 Å². The van der Waals surface area contributed by atoms with Crippen molar-refractivity contribution in [3.8, 4) is 0 Å². The Hall–Kier alpha value is -2.55. The minimum atomic E-state index is -0.110. The van der Waals surface area contributed by atoms with Crippen LogP contribution in [-0.4, -0.2) is 19.5 Å². The lowest BCUT2D eigenvalue weighted by Crippen LogP contribution is -2.30. The molecule has 0 saturated heterocycles. The molecule has 0 aromatic heterocycles. The first-order chi connectivity index (χ1) is 10.2. The van der Waals surface area contributed by atoms with Crippen LogP contribution in [0.5, 0.6) is 0 Å². The highest BCUT2D eigenvalue weighted by molar-refractivity contribution is 5.93. The summed E-state index contributed by atoms with van der Waals surface area (Å²) in [5.41, 5.74) is 2.70. The predicted molar refractivity (Wildman–Crippen MR) is 87.1 cm³/mol. The summed E-state index contributed by atoms with van der Waals surface area (Å²) in [6, 6.07) is 19.8. The zero-order valence-electron chi connectivity index (χ0n) is 12.3. The zero-order chi connectivity index (χ0) is 15.1. The molecule has 0 unspecified atom stereocenters. The van der Waals surface area contributed by atoms with Gasteiger partial charge in [-0.1, -0.05) is 55.1 Å². The van der Waals surface area contributed by atoms with Crippen LogP contribution in [-0.2, 0) is 11.3 Å². The van der Waals surface area contributed by atoms with E-state index in [1.807, 2.05) is 72.6 Å². The van der Waals surface area contributed by atoms with Gasteiger partial charge in [0.2, 0.25) is 5.91 Å². The molecule has 108 valence electrons. The third-order valence-corrected chi connectivity index (χ3v) is 3.24. The maximum absolute atomic E-state index is 12.0. The quantitative estimate of drug-likeness (QED) is 0.825. The van der Waals surface area contributed by atoms with Gasteiger partial charge >= 0.3 is 0 Å². The lowest BCUT2D eigenvalue weighted by atomic mass is 10.2. The van der Waals surface area contributed by atoms with Crippen LogP contribution in [0.4, 0.5) is 5.69 Å². The number of amides is 1. The van der Waals surface area contributed by atoms with Gasteiger partial charge in [0, 0.05) is 31.4 Å². The zero-order valence-corrected chi connectivity index (χ0v) is 12.3. The molecule has 0 fully saturated rings. The smallest absolute Gasteiger partial charge is 0.248 e. The molecule has 0 radical (unpaired) electrons. The fraction of sp³-hybridized carbons (Fsp3) is 0.167. The molecule has 0 bridgehead atoms. The van der Waals surface area contributed by atoms with E-state index in [1.54, 1.807) is 0 Å². The van der Waals surface area contributed by atoms with E-state index in [4.69, 9.17) is 0 Å². The molecule has 0 heterocycles. The third kappa shape index (κ3) is 4.49. The Labute approximate surface area is 125 Å². The topological polar surface area (TPSA) is 32.3 Å². The van der Waals surface area contributed by atoms with Crippen molar-refractivity contribution in [2.75, 3.05) is 18.5 Å². The number of carbonyl (C=O) groups is 1. The van der Waals surface area contributed by atoms with Crippen molar-refractivity contribution in [3.63, 3.8) is 0 Å². The summed E-state index contributed by atoms with van der Waals surface area (Å²) >= 11 is 0. The van der Waals surface area contributed by atoms with Crippen LogP contribution in [0.3, 0.4) is 0 Å². The Morgan fingerprint density at radius 3 is 2.24 bits per heavy atom. The van der Waals surface area contributed by atoms with Gasteiger partial charge in [-0.15, -0.1) is 0 Å². The van der Waals surface area contributed by atoms with E-state index in [2.05, 4.69) is 11.9 Å². The summed E-state index contributed by atoms with van der Waals surface area (Å²) in [7, 11) is 1.95. The lowest BCUT2D eigenvalue weighted by Gasteiger charge is -2.20. The fourth-order valence-corrected chi connectivity index (χ4v) is 2.04. The lowest BCUT2D eigenvalue weighted by molar-refractivity contribution is -0.117. The Morgan fingerprint density at radius 1 is 1.05 bits per heavy atom. The second-order valence-corrected chi connectivity index (χ2v) is 4.96. The van der Waals surface area contributed by atoms with Gasteiger partial charge in [-0.25, -0.2) is 0 Å². The Kier molecular flexibility index (Phi) is 5.16. The van der Waals surface area contributed by atoms with Crippen molar-refractivity contribution >= 4 is 11.6 Å². The van der Waals surface area contributed by atoms with Gasteiger partial charge in [0.05, 0.1) is 0 Å². The molecule has 0 spiro atoms. The average Bonchev–Trinajstić information content (AvgIpc) is 2.54. The Balaban J connectivity index is 1.84. The normalized spacial score (nSPS) is 9.95. The molecule has 2 aromatic carbocycles. The van der Waals surface area contributed by atoms with Crippen molar-refractivity contribution in [1.82, 2.24) is 5.32 Å². The molecule has 2 rings (SSSR count). The van der Waals surface area contributed by atoms with Gasteiger partial charge in [0.25, 0.3) is 0 Å². The molecule has 0 aliphatic rings. The molecule has 0 aliphatic carbocycles. The second kappa shape index (κ2) is 7.29. The van der Waals surface area contributed by atoms with Gasteiger partial charge in [-0.2, -0.15) is 0 Å². The maximum Gasteiger partial charge on any atom is 0.248 e. The summed E-state index contributed by atoms with van der Waals surface area (Å²) in [4.78, 5) is 14.1. The largest absolute Gasteiger partial charge is 0.370 e. The van der Waals surface area contributed by atoms with E-state index in [-0.39, 0.29) is 5.91 Å². The Bertz CT molecular complexity index is 593. The van der Waals surface area contributed by atoms with E-state index >= 15 is 0 Å². The second-order valence-electron chi connectivity index (χ2n) is 4.96. The van der Waals surface area contributed by atoms with Gasteiger partial charge in [0.15, 0.2) is 0 Å². The van der Waals surface area contributed by atoms with Crippen molar-refractivity contribution < 1.29 is 4.79 Å². The molecule has 21 heavy (non-hydrogen) atoms. The van der Waals surface area contributed by atoms with E-state index in [0.29, 0.717) is 18.7 Å². The highest BCUT2D eigenvalue weighted by atomic mass is 16.1. The van der Waals surface area contributed by atoms with Gasteiger partial charge in [-0.05, 0) is 17.7 Å². The van der Waals surface area contributed by atoms with Crippen LogP contribution in [0.15, 0.2) is 72.8 Å². The summed E-state index contributed by atoms with van der Waals surface area (Å²) in [6.45, 7) is 4.90. The third-order valence-electron chi connectivity index (χ3n) is 3.24. The number of anilines is 1. The first-order valence-electron chi connectivity index (χ1n) is 6.93. The van der Waals surface area contributed by atoms with Crippen LogP contribution >= 0.6 is 0 Å². The highest BCUT2D eigenvalue weighted by Crippen LogP contribution is 2.12. The number of rotatable bonds is 6. The first-order valence-corrected chi connectivity index (χ1v) is 6.93. The van der Waals surface area contributed by atoms with Crippen molar-refractivity contribution in [2.45, 2.75) is 6.54 Å². The van der Waals surface area contributed by atoms with Gasteiger partial charge < -0.3 is 10.2 Å². The summed E-state index contributed by atoms with van der Waals surface area (Å²) in [5.74, 6) is -0.110. The minimum Gasteiger partial charge on any atom is -0.370 e. The van der Waals surface area contributed by atoms with Crippen LogP contribution < -0.4 is 10.2 Å². The minimum absolute atomic E-state index is 0.110. The predicted octanol–water partition coefficient (Wildman–Crippen LogP) is 3.00. The number of nitrogens with one attached hydrogen (secondary N) is 1. The molecular formula is C18H20N2O. The maximum atomic E-state index is 12.0. The summed E-state index contributed by atoms with van der Waals surface area (Å²) < 4.78 is 0. The fourth-order valence-electron chi connectivity index (χ4n) is 2.04. The Morgan fingerprint density at radius 2 is 1.62 bits per heavy atom. The number of benzene rings is 2. The van der Waals surface area contributed by atoms with Crippen LogP contribution in [0.1, 0.15) is 5.56 Å². The SMILES string of the molecule is C=C(CN(C)c1ccccc1)C(=O)NCc1ccccc1. The molecule has 0 aliphatic heterocycles. The highest BCUT2D eigenvalue weighted by Gasteiger charge is 2.09. The van der Waals surface area contributed by atoms with E-state index in [1.165, 1.54) is 0 Å². The van der Waals surface area contributed by atoms with Gasteiger partial charge in [-0.3, -0.25) is 4.79 Å². The van der Waals surface area contributed by atoms with Crippen LogP contribution in [0, 0.1) is 0 Å². The van der Waals surface area contributed by atoms with Crippen molar-refractivity contribution in [1.29, 1.82) is 0 Å². The number of para-hydroxylation sites is 1. The van der Waals surface area contributed by atoms with Crippen LogP contribution in [0.2, 0.25) is 0 Å². The number of hydrogen-bond acceptors (Lipinski definition) is 2. The molecular weight excluding hydrogens is 260 g/mol. The number of hydrogen-bond donors (Lipinski definition) is 1. The summed E-state index contributed by atoms with van der Waals surface area (Å²) in [6.07, 6.45) is 0. The van der Waals surface area contributed by atoms with Gasteiger partial charge in [0.1, 0.15) is 0 Å². The molecule has 3 heteroatoms. The number of nitrogens with zero attached hydrogens (tertiary/aromatic N) is 1. The average molecular weight is 280 g/mol. The molecule has 1 N–H and O–H groups in total. The molecule has 2 aromatic rings. The molecule has 3 nitrogen and oxygen atoms in total. The van der Waals surface area contributed by atoms with E-state index < -0.39 is 0 Å². The van der Waals surface area contributed by atoms with Crippen LogP contribution in [0.25, 0.3) is 0 Å².